The number of benzene rings is 1. The largest absolute Gasteiger partial charge is 0.323 e. The molecule has 0 aliphatic rings. The van der Waals surface area contributed by atoms with Crippen molar-refractivity contribution in [3.8, 4) is 0 Å². The van der Waals surface area contributed by atoms with Crippen molar-refractivity contribution in [2.24, 2.45) is 5.84 Å². The number of nitrogens with zero attached hydrogens (tertiary/aromatic N) is 2. The standard InChI is InChI=1S/C13H14N4O/c1-17(12-8-4-5-9-15-12)13(18)10-6-2-3-7-11(10)16-14/h2-9,16H,14H2,1H3. The number of carbonyl (C=O) groups is 1. The zero-order valence-electron chi connectivity index (χ0n) is 10.00. The number of nitrogens with two attached hydrogens (primary N) is 1. The molecule has 0 radical (unpaired) electrons. The fourth-order valence-electron chi connectivity index (χ4n) is 1.63. The topological polar surface area (TPSA) is 71.2 Å². The van der Waals surface area contributed by atoms with Crippen molar-refractivity contribution in [2.75, 3.05) is 17.4 Å². The van der Waals surface area contributed by atoms with Gasteiger partial charge in [0.1, 0.15) is 5.82 Å². The molecule has 0 saturated carbocycles. The zero-order valence-corrected chi connectivity index (χ0v) is 10.00. The van der Waals surface area contributed by atoms with Gasteiger partial charge in [0.05, 0.1) is 11.3 Å². The average Bonchev–Trinajstić information content (AvgIpc) is 2.46. The first-order valence-electron chi connectivity index (χ1n) is 5.49. The first kappa shape index (κ1) is 12.1. The number of hydrazine groups is 1. The van der Waals surface area contributed by atoms with Crippen LogP contribution in [0.5, 0.6) is 0 Å². The van der Waals surface area contributed by atoms with E-state index in [0.717, 1.165) is 0 Å². The van der Waals surface area contributed by atoms with Gasteiger partial charge in [0, 0.05) is 13.2 Å². The van der Waals surface area contributed by atoms with Crippen molar-refractivity contribution >= 4 is 17.4 Å². The molecule has 5 heteroatoms. The van der Waals surface area contributed by atoms with Crippen molar-refractivity contribution in [1.29, 1.82) is 0 Å². The molecule has 18 heavy (non-hydrogen) atoms. The van der Waals surface area contributed by atoms with Gasteiger partial charge in [-0.1, -0.05) is 18.2 Å². The van der Waals surface area contributed by atoms with Gasteiger partial charge in [0.2, 0.25) is 0 Å². The molecule has 3 N–H and O–H groups in total. The Labute approximate surface area is 105 Å². The molecule has 0 atom stereocenters. The maximum absolute atomic E-state index is 12.3. The van der Waals surface area contributed by atoms with E-state index in [1.807, 2.05) is 12.1 Å². The zero-order chi connectivity index (χ0) is 13.0. The predicted octanol–water partition coefficient (Wildman–Crippen LogP) is 1.64. The van der Waals surface area contributed by atoms with E-state index in [1.54, 1.807) is 43.6 Å². The van der Waals surface area contributed by atoms with Crippen LogP contribution in [0.15, 0.2) is 48.7 Å². The molecule has 1 aromatic heterocycles. The lowest BCUT2D eigenvalue weighted by atomic mass is 10.1. The van der Waals surface area contributed by atoms with Crippen molar-refractivity contribution in [3.63, 3.8) is 0 Å². The second-order valence-corrected chi connectivity index (χ2v) is 3.74. The quantitative estimate of drug-likeness (QED) is 0.634. The van der Waals surface area contributed by atoms with Gasteiger partial charge in [-0.25, -0.2) is 4.98 Å². The van der Waals surface area contributed by atoms with Gasteiger partial charge in [-0.2, -0.15) is 0 Å². The van der Waals surface area contributed by atoms with Crippen LogP contribution in [-0.2, 0) is 0 Å². The Morgan fingerprint density at radius 1 is 1.22 bits per heavy atom. The van der Waals surface area contributed by atoms with Crippen molar-refractivity contribution in [1.82, 2.24) is 4.98 Å². The predicted molar refractivity (Wildman–Crippen MR) is 71.2 cm³/mol. The highest BCUT2D eigenvalue weighted by atomic mass is 16.2. The van der Waals surface area contributed by atoms with E-state index in [-0.39, 0.29) is 5.91 Å². The number of amides is 1. The van der Waals surface area contributed by atoms with E-state index >= 15 is 0 Å². The summed E-state index contributed by atoms with van der Waals surface area (Å²) < 4.78 is 0. The molecule has 1 heterocycles. The van der Waals surface area contributed by atoms with Crippen LogP contribution in [0.2, 0.25) is 0 Å². The summed E-state index contributed by atoms with van der Waals surface area (Å²) >= 11 is 0. The summed E-state index contributed by atoms with van der Waals surface area (Å²) in [6.07, 6.45) is 1.65. The summed E-state index contributed by atoms with van der Waals surface area (Å²) in [7, 11) is 1.68. The number of rotatable bonds is 3. The first-order valence-corrected chi connectivity index (χ1v) is 5.49. The summed E-state index contributed by atoms with van der Waals surface area (Å²) in [5, 5.41) is 0. The Hall–Kier alpha value is -2.40. The Morgan fingerprint density at radius 2 is 1.94 bits per heavy atom. The van der Waals surface area contributed by atoms with Gasteiger partial charge in [-0.05, 0) is 24.3 Å². The molecule has 1 aromatic carbocycles. The van der Waals surface area contributed by atoms with Crippen LogP contribution in [0, 0.1) is 0 Å². The van der Waals surface area contributed by atoms with E-state index in [0.29, 0.717) is 17.1 Å². The van der Waals surface area contributed by atoms with Crippen LogP contribution >= 0.6 is 0 Å². The molecule has 1 amide bonds. The molecule has 92 valence electrons. The molecule has 0 spiro atoms. The van der Waals surface area contributed by atoms with Gasteiger partial charge < -0.3 is 5.43 Å². The molecule has 0 aliphatic heterocycles. The van der Waals surface area contributed by atoms with Gasteiger partial charge >= 0.3 is 0 Å². The van der Waals surface area contributed by atoms with E-state index in [1.165, 1.54) is 4.90 Å². The number of hydrogen-bond acceptors (Lipinski definition) is 4. The SMILES string of the molecule is CN(C(=O)c1ccccc1NN)c1ccccn1. The summed E-state index contributed by atoms with van der Waals surface area (Å²) in [4.78, 5) is 17.9. The van der Waals surface area contributed by atoms with E-state index in [4.69, 9.17) is 5.84 Å². The lowest BCUT2D eigenvalue weighted by Gasteiger charge is -2.17. The van der Waals surface area contributed by atoms with Crippen molar-refractivity contribution < 1.29 is 4.79 Å². The minimum absolute atomic E-state index is 0.165. The smallest absolute Gasteiger partial charge is 0.261 e. The first-order chi connectivity index (χ1) is 8.74. The van der Waals surface area contributed by atoms with Crippen LogP contribution in [0.25, 0.3) is 0 Å². The average molecular weight is 242 g/mol. The fraction of sp³-hybridized carbons (Fsp3) is 0.0769. The normalized spacial score (nSPS) is 9.89. The molecular formula is C13H14N4O. The lowest BCUT2D eigenvalue weighted by molar-refractivity contribution is 0.0993. The van der Waals surface area contributed by atoms with Crippen LogP contribution in [0.1, 0.15) is 10.4 Å². The monoisotopic (exact) mass is 242 g/mol. The number of aromatic nitrogens is 1. The summed E-state index contributed by atoms with van der Waals surface area (Å²) in [6, 6.07) is 12.5. The van der Waals surface area contributed by atoms with Crippen LogP contribution in [-0.4, -0.2) is 17.9 Å². The maximum atomic E-state index is 12.3. The summed E-state index contributed by atoms with van der Waals surface area (Å²) in [5.74, 6) is 5.82. The van der Waals surface area contributed by atoms with Crippen molar-refractivity contribution in [3.05, 3.63) is 54.2 Å². The third-order valence-corrected chi connectivity index (χ3v) is 2.61. The second-order valence-electron chi connectivity index (χ2n) is 3.74. The molecule has 5 nitrogen and oxygen atoms in total. The van der Waals surface area contributed by atoms with Crippen molar-refractivity contribution in [2.45, 2.75) is 0 Å². The molecule has 0 fully saturated rings. The highest BCUT2D eigenvalue weighted by Crippen LogP contribution is 2.18. The highest BCUT2D eigenvalue weighted by Gasteiger charge is 2.16. The number of para-hydroxylation sites is 1. The van der Waals surface area contributed by atoms with Gasteiger partial charge in [-0.15, -0.1) is 0 Å². The van der Waals surface area contributed by atoms with E-state index < -0.39 is 0 Å². The number of hydrogen-bond donors (Lipinski definition) is 2. The molecule has 0 bridgehead atoms. The molecule has 0 saturated heterocycles. The Kier molecular flexibility index (Phi) is 3.54. The Morgan fingerprint density at radius 3 is 2.61 bits per heavy atom. The number of anilines is 2. The van der Waals surface area contributed by atoms with E-state index in [9.17, 15) is 4.79 Å². The van der Waals surface area contributed by atoms with Gasteiger partial charge in [0.25, 0.3) is 5.91 Å². The van der Waals surface area contributed by atoms with Crippen LogP contribution < -0.4 is 16.2 Å². The number of nitrogen functional groups attached to an aromatic ring is 1. The number of carbonyl (C=O) groups excluding carboxylic acids is 1. The molecule has 2 rings (SSSR count). The third-order valence-electron chi connectivity index (χ3n) is 2.61. The molecule has 0 unspecified atom stereocenters. The maximum Gasteiger partial charge on any atom is 0.261 e. The minimum Gasteiger partial charge on any atom is -0.323 e. The summed E-state index contributed by atoms with van der Waals surface area (Å²) in [5.41, 5.74) is 3.61. The highest BCUT2D eigenvalue weighted by molar-refractivity contribution is 6.08. The Balaban J connectivity index is 2.32. The fourth-order valence-corrected chi connectivity index (χ4v) is 1.63. The summed E-state index contributed by atoms with van der Waals surface area (Å²) in [6.45, 7) is 0. The van der Waals surface area contributed by atoms with Gasteiger partial charge in [0.15, 0.2) is 0 Å². The Bertz CT molecular complexity index is 542. The second kappa shape index (κ2) is 5.29. The number of pyridine rings is 1. The number of nitrogens with one attached hydrogen (secondary N) is 1. The third kappa shape index (κ3) is 2.31. The minimum atomic E-state index is -0.165. The molecule has 2 aromatic rings. The van der Waals surface area contributed by atoms with Crippen LogP contribution in [0.3, 0.4) is 0 Å². The lowest BCUT2D eigenvalue weighted by Crippen LogP contribution is -2.28. The van der Waals surface area contributed by atoms with Crippen LogP contribution in [0.4, 0.5) is 11.5 Å². The molecule has 0 aliphatic carbocycles. The van der Waals surface area contributed by atoms with E-state index in [2.05, 4.69) is 10.4 Å². The molecular weight excluding hydrogens is 228 g/mol. The van der Waals surface area contributed by atoms with Gasteiger partial charge in [-0.3, -0.25) is 15.5 Å².